The molecular formula is C6H9N3OS. The van der Waals surface area contributed by atoms with Gasteiger partial charge in [-0.05, 0) is 6.92 Å². The molecule has 1 N–H and O–H groups in total. The van der Waals surface area contributed by atoms with Crippen LogP contribution in [0.1, 0.15) is 13.3 Å². The minimum Gasteiger partial charge on any atom is -0.371 e. The normalized spacial score (nSPS) is 30.0. The van der Waals surface area contributed by atoms with Crippen LogP contribution in [0.4, 0.5) is 0 Å². The average molecular weight is 171 g/mol. The lowest BCUT2D eigenvalue weighted by molar-refractivity contribution is -0.0317. The fraction of sp³-hybridized carbons (Fsp3) is 0.667. The molecule has 0 fully saturated rings. The molecule has 0 spiro atoms. The molecule has 0 saturated carbocycles. The number of hydrogen-bond acceptors (Lipinski definition) is 4. The summed E-state index contributed by atoms with van der Waals surface area (Å²) >= 11 is 1.63. The summed E-state index contributed by atoms with van der Waals surface area (Å²) in [6.45, 7) is 1.78. The highest BCUT2D eigenvalue weighted by Gasteiger charge is 2.29. The Labute approximate surface area is 68.6 Å². The van der Waals surface area contributed by atoms with Gasteiger partial charge in [0.05, 0.1) is 0 Å². The van der Waals surface area contributed by atoms with Crippen molar-refractivity contribution in [3.8, 4) is 0 Å². The molecule has 0 amide bonds. The van der Waals surface area contributed by atoms with Gasteiger partial charge in [-0.1, -0.05) is 11.8 Å². The standard InChI is InChI=1S/C6H9N3OS/c1-6(10)2-3-11-5-8-7-4-9(5)6/h4,10H,2-3H2,1H3. The summed E-state index contributed by atoms with van der Waals surface area (Å²) in [5, 5.41) is 18.2. The number of hydrogen-bond donors (Lipinski definition) is 1. The molecule has 1 atom stereocenters. The van der Waals surface area contributed by atoms with Crippen molar-refractivity contribution < 1.29 is 5.11 Å². The third-order valence-corrected chi connectivity index (χ3v) is 2.79. The quantitative estimate of drug-likeness (QED) is 0.615. The third-order valence-electron chi connectivity index (χ3n) is 1.84. The summed E-state index contributed by atoms with van der Waals surface area (Å²) in [5.41, 5.74) is -0.788. The van der Waals surface area contributed by atoms with Crippen molar-refractivity contribution in [1.29, 1.82) is 0 Å². The Bertz CT molecular complexity index is 271. The van der Waals surface area contributed by atoms with Crippen LogP contribution in [0.2, 0.25) is 0 Å². The zero-order valence-corrected chi connectivity index (χ0v) is 7.01. The van der Waals surface area contributed by atoms with E-state index in [-0.39, 0.29) is 0 Å². The van der Waals surface area contributed by atoms with Gasteiger partial charge in [0, 0.05) is 12.2 Å². The van der Waals surface area contributed by atoms with Gasteiger partial charge in [0.15, 0.2) is 5.16 Å². The molecule has 1 unspecified atom stereocenters. The van der Waals surface area contributed by atoms with Gasteiger partial charge in [-0.15, -0.1) is 10.2 Å². The van der Waals surface area contributed by atoms with Gasteiger partial charge in [0.2, 0.25) is 0 Å². The van der Waals surface area contributed by atoms with Crippen LogP contribution in [-0.2, 0) is 5.72 Å². The Morgan fingerprint density at radius 3 is 3.36 bits per heavy atom. The molecule has 2 heterocycles. The average Bonchev–Trinajstić information content (AvgIpc) is 2.34. The van der Waals surface area contributed by atoms with Crippen LogP contribution in [0.25, 0.3) is 0 Å². The second-order valence-corrected chi connectivity index (χ2v) is 3.86. The van der Waals surface area contributed by atoms with E-state index in [2.05, 4.69) is 10.2 Å². The van der Waals surface area contributed by atoms with Crippen molar-refractivity contribution in [2.75, 3.05) is 5.75 Å². The maximum absolute atomic E-state index is 9.79. The van der Waals surface area contributed by atoms with Crippen molar-refractivity contribution in [2.24, 2.45) is 0 Å². The summed E-state index contributed by atoms with van der Waals surface area (Å²) in [4.78, 5) is 0. The highest BCUT2D eigenvalue weighted by Crippen LogP contribution is 2.31. The van der Waals surface area contributed by atoms with E-state index in [0.29, 0.717) is 0 Å². The molecule has 1 aromatic heterocycles. The van der Waals surface area contributed by atoms with Crippen LogP contribution in [0.15, 0.2) is 11.5 Å². The molecule has 0 radical (unpaired) electrons. The first kappa shape index (κ1) is 7.12. The highest BCUT2D eigenvalue weighted by molar-refractivity contribution is 7.99. The lowest BCUT2D eigenvalue weighted by Crippen LogP contribution is -2.33. The van der Waals surface area contributed by atoms with Gasteiger partial charge in [-0.25, -0.2) is 0 Å². The first-order valence-electron chi connectivity index (χ1n) is 3.46. The second-order valence-electron chi connectivity index (χ2n) is 2.80. The molecule has 0 saturated heterocycles. The Kier molecular flexibility index (Phi) is 1.43. The minimum atomic E-state index is -0.788. The molecule has 2 rings (SSSR count). The summed E-state index contributed by atoms with van der Waals surface area (Å²) in [6.07, 6.45) is 2.32. The molecule has 1 aliphatic rings. The van der Waals surface area contributed by atoms with Crippen LogP contribution >= 0.6 is 11.8 Å². The van der Waals surface area contributed by atoms with Crippen LogP contribution in [0.3, 0.4) is 0 Å². The fourth-order valence-corrected chi connectivity index (χ4v) is 2.27. The molecule has 60 valence electrons. The van der Waals surface area contributed by atoms with E-state index in [4.69, 9.17) is 0 Å². The van der Waals surface area contributed by atoms with Crippen molar-refractivity contribution in [3.63, 3.8) is 0 Å². The molecule has 0 bridgehead atoms. The zero-order chi connectivity index (χ0) is 7.90. The van der Waals surface area contributed by atoms with Crippen molar-refractivity contribution in [3.05, 3.63) is 6.33 Å². The molecule has 0 aliphatic carbocycles. The summed E-state index contributed by atoms with van der Waals surface area (Å²) in [5.74, 6) is 0.908. The molecule has 5 heteroatoms. The Morgan fingerprint density at radius 2 is 2.64 bits per heavy atom. The molecule has 1 aromatic rings. The number of thioether (sulfide) groups is 1. The summed E-state index contributed by atoms with van der Waals surface area (Å²) in [6, 6.07) is 0. The van der Waals surface area contributed by atoms with E-state index in [1.165, 1.54) is 0 Å². The second kappa shape index (κ2) is 2.22. The predicted molar refractivity (Wildman–Crippen MR) is 41.2 cm³/mol. The van der Waals surface area contributed by atoms with Gasteiger partial charge >= 0.3 is 0 Å². The van der Waals surface area contributed by atoms with Crippen LogP contribution in [-0.4, -0.2) is 25.6 Å². The first-order valence-corrected chi connectivity index (χ1v) is 4.44. The van der Waals surface area contributed by atoms with Gasteiger partial charge in [-0.3, -0.25) is 4.57 Å². The highest BCUT2D eigenvalue weighted by atomic mass is 32.2. The van der Waals surface area contributed by atoms with E-state index >= 15 is 0 Å². The van der Waals surface area contributed by atoms with E-state index in [1.807, 2.05) is 0 Å². The Balaban J connectivity index is 2.48. The lowest BCUT2D eigenvalue weighted by atomic mass is 10.2. The van der Waals surface area contributed by atoms with Crippen molar-refractivity contribution in [2.45, 2.75) is 24.2 Å². The van der Waals surface area contributed by atoms with Crippen LogP contribution < -0.4 is 0 Å². The maximum Gasteiger partial charge on any atom is 0.193 e. The van der Waals surface area contributed by atoms with E-state index in [9.17, 15) is 5.11 Å². The largest absolute Gasteiger partial charge is 0.371 e. The monoisotopic (exact) mass is 171 g/mol. The number of nitrogens with zero attached hydrogens (tertiary/aromatic N) is 3. The van der Waals surface area contributed by atoms with Crippen LogP contribution in [0, 0.1) is 0 Å². The topological polar surface area (TPSA) is 50.9 Å². The Morgan fingerprint density at radius 1 is 1.82 bits per heavy atom. The summed E-state index contributed by atoms with van der Waals surface area (Å²) in [7, 11) is 0. The number of aliphatic hydroxyl groups is 1. The van der Waals surface area contributed by atoms with E-state index < -0.39 is 5.72 Å². The predicted octanol–water partition coefficient (Wildman–Crippen LogP) is 0.439. The summed E-state index contributed by atoms with van der Waals surface area (Å²) < 4.78 is 1.71. The number of fused-ring (bicyclic) bond motifs is 1. The fourth-order valence-electron chi connectivity index (χ4n) is 1.11. The number of aromatic nitrogens is 3. The van der Waals surface area contributed by atoms with Crippen molar-refractivity contribution >= 4 is 11.8 Å². The van der Waals surface area contributed by atoms with E-state index in [0.717, 1.165) is 17.3 Å². The molecular weight excluding hydrogens is 162 g/mol. The van der Waals surface area contributed by atoms with Gasteiger partial charge in [0.25, 0.3) is 0 Å². The molecule has 0 aromatic carbocycles. The lowest BCUT2D eigenvalue weighted by Gasteiger charge is -2.29. The Hall–Kier alpha value is -0.550. The van der Waals surface area contributed by atoms with Crippen molar-refractivity contribution in [1.82, 2.24) is 14.8 Å². The minimum absolute atomic E-state index is 0.753. The molecule has 4 nitrogen and oxygen atoms in total. The zero-order valence-electron chi connectivity index (χ0n) is 6.19. The van der Waals surface area contributed by atoms with Gasteiger partial charge in [0.1, 0.15) is 12.1 Å². The SMILES string of the molecule is CC1(O)CCSc2nncn21. The van der Waals surface area contributed by atoms with Gasteiger partial charge < -0.3 is 5.11 Å². The third kappa shape index (κ3) is 1.04. The molecule has 1 aliphatic heterocycles. The van der Waals surface area contributed by atoms with Crippen LogP contribution in [0.5, 0.6) is 0 Å². The first-order chi connectivity index (χ1) is 5.20. The maximum atomic E-state index is 9.79. The molecule has 11 heavy (non-hydrogen) atoms. The van der Waals surface area contributed by atoms with Gasteiger partial charge in [-0.2, -0.15) is 0 Å². The number of rotatable bonds is 0. The van der Waals surface area contributed by atoms with E-state index in [1.54, 1.807) is 29.6 Å². The smallest absolute Gasteiger partial charge is 0.193 e.